The molecule has 1 aliphatic rings. The van der Waals surface area contributed by atoms with Crippen LogP contribution >= 0.6 is 0 Å². The second-order valence-electron chi connectivity index (χ2n) is 5.49. The van der Waals surface area contributed by atoms with E-state index in [2.05, 4.69) is 0 Å². The highest BCUT2D eigenvalue weighted by atomic mass is 32.2. The first kappa shape index (κ1) is 13.4. The molecule has 5 heteroatoms. The zero-order valence-corrected chi connectivity index (χ0v) is 11.9. The van der Waals surface area contributed by atoms with Crippen LogP contribution in [0, 0.1) is 6.92 Å². The molecule has 0 spiro atoms. The third-order valence-electron chi connectivity index (χ3n) is 3.62. The molecule has 1 aliphatic heterocycles. The molecule has 2 rings (SSSR count). The number of nitrogens with two attached hydrogens (primary N) is 1. The molecule has 0 saturated carbocycles. The van der Waals surface area contributed by atoms with Crippen molar-refractivity contribution < 1.29 is 8.42 Å². The van der Waals surface area contributed by atoms with Crippen molar-refractivity contribution >= 4 is 15.7 Å². The molecule has 1 fully saturated rings. The average Bonchev–Trinajstić information content (AvgIpc) is 2.58. The van der Waals surface area contributed by atoms with E-state index in [1.807, 2.05) is 13.8 Å². The SMILES string of the molecule is Cc1cccc(N)c1S(=O)(=O)N1CCCC1(C)C. The van der Waals surface area contributed by atoms with E-state index in [4.69, 9.17) is 5.73 Å². The fraction of sp³-hybridized carbons (Fsp3) is 0.538. The number of rotatable bonds is 2. The Morgan fingerprint density at radius 2 is 2.00 bits per heavy atom. The topological polar surface area (TPSA) is 63.4 Å². The minimum absolute atomic E-state index is 0.264. The van der Waals surface area contributed by atoms with Crippen LogP contribution in [-0.4, -0.2) is 24.8 Å². The molecule has 1 aromatic rings. The van der Waals surface area contributed by atoms with Crippen LogP contribution in [0.5, 0.6) is 0 Å². The van der Waals surface area contributed by atoms with Gasteiger partial charge in [0.25, 0.3) is 0 Å². The van der Waals surface area contributed by atoms with Crippen molar-refractivity contribution in [1.29, 1.82) is 0 Å². The summed E-state index contributed by atoms with van der Waals surface area (Å²) in [4.78, 5) is 0.264. The summed E-state index contributed by atoms with van der Waals surface area (Å²) in [7, 11) is -3.50. The lowest BCUT2D eigenvalue weighted by molar-refractivity contribution is 0.292. The number of sulfonamides is 1. The second-order valence-corrected chi connectivity index (χ2v) is 7.29. The summed E-state index contributed by atoms with van der Waals surface area (Å²) in [5.41, 5.74) is 6.57. The molecule has 0 unspecified atom stereocenters. The lowest BCUT2D eigenvalue weighted by Gasteiger charge is -2.31. The molecule has 1 aromatic carbocycles. The van der Waals surface area contributed by atoms with Gasteiger partial charge >= 0.3 is 0 Å². The highest BCUT2D eigenvalue weighted by molar-refractivity contribution is 7.89. The molecular weight excluding hydrogens is 248 g/mol. The summed E-state index contributed by atoms with van der Waals surface area (Å²) >= 11 is 0. The molecule has 18 heavy (non-hydrogen) atoms. The highest BCUT2D eigenvalue weighted by Crippen LogP contribution is 2.36. The van der Waals surface area contributed by atoms with E-state index >= 15 is 0 Å². The van der Waals surface area contributed by atoms with E-state index in [-0.39, 0.29) is 10.4 Å². The summed E-state index contributed by atoms with van der Waals surface area (Å²) in [5.74, 6) is 0. The van der Waals surface area contributed by atoms with Gasteiger partial charge in [-0.25, -0.2) is 8.42 Å². The van der Waals surface area contributed by atoms with Crippen LogP contribution in [0.1, 0.15) is 32.3 Å². The third kappa shape index (κ3) is 2.01. The second kappa shape index (κ2) is 4.24. The van der Waals surface area contributed by atoms with Crippen molar-refractivity contribution in [3.8, 4) is 0 Å². The predicted molar refractivity (Wildman–Crippen MR) is 72.8 cm³/mol. The molecule has 1 saturated heterocycles. The van der Waals surface area contributed by atoms with Crippen LogP contribution in [0.15, 0.2) is 23.1 Å². The molecular formula is C13H20N2O2S. The molecule has 0 bridgehead atoms. The number of nitrogens with zero attached hydrogens (tertiary/aromatic N) is 1. The molecule has 0 aliphatic carbocycles. The fourth-order valence-corrected chi connectivity index (χ4v) is 4.84. The molecule has 0 radical (unpaired) electrons. The van der Waals surface area contributed by atoms with Gasteiger partial charge in [-0.3, -0.25) is 0 Å². The number of hydrogen-bond donors (Lipinski definition) is 1. The summed E-state index contributed by atoms with van der Waals surface area (Å²) in [6, 6.07) is 5.20. The lowest BCUT2D eigenvalue weighted by Crippen LogP contribution is -2.42. The molecule has 0 aromatic heterocycles. The van der Waals surface area contributed by atoms with Crippen LogP contribution in [-0.2, 0) is 10.0 Å². The summed E-state index contributed by atoms with van der Waals surface area (Å²) in [5, 5.41) is 0. The van der Waals surface area contributed by atoms with E-state index in [1.165, 1.54) is 0 Å². The Hall–Kier alpha value is -1.07. The normalized spacial score (nSPS) is 20.2. The van der Waals surface area contributed by atoms with Crippen molar-refractivity contribution in [2.45, 2.75) is 44.0 Å². The van der Waals surface area contributed by atoms with Gasteiger partial charge in [0, 0.05) is 12.1 Å². The molecule has 100 valence electrons. The van der Waals surface area contributed by atoms with Crippen LogP contribution in [0.2, 0.25) is 0 Å². The lowest BCUT2D eigenvalue weighted by atomic mass is 10.0. The third-order valence-corrected chi connectivity index (χ3v) is 5.95. The van der Waals surface area contributed by atoms with Gasteiger partial charge in [-0.15, -0.1) is 0 Å². The highest BCUT2D eigenvalue weighted by Gasteiger charge is 2.41. The fourth-order valence-electron chi connectivity index (χ4n) is 2.67. The van der Waals surface area contributed by atoms with Crippen LogP contribution in [0.4, 0.5) is 5.69 Å². The van der Waals surface area contributed by atoms with Gasteiger partial charge in [-0.1, -0.05) is 12.1 Å². The monoisotopic (exact) mass is 268 g/mol. The smallest absolute Gasteiger partial charge is 0.245 e. The van der Waals surface area contributed by atoms with E-state index in [0.29, 0.717) is 17.8 Å². The van der Waals surface area contributed by atoms with Gasteiger partial charge in [-0.05, 0) is 45.2 Å². The number of nitrogen functional groups attached to an aromatic ring is 1. The Morgan fingerprint density at radius 3 is 2.50 bits per heavy atom. The van der Waals surface area contributed by atoms with Crippen LogP contribution < -0.4 is 5.73 Å². The number of aryl methyl sites for hydroxylation is 1. The molecule has 0 atom stereocenters. The quantitative estimate of drug-likeness (QED) is 0.836. The van der Waals surface area contributed by atoms with Crippen molar-refractivity contribution in [2.24, 2.45) is 0 Å². The largest absolute Gasteiger partial charge is 0.398 e. The molecule has 4 nitrogen and oxygen atoms in total. The average molecular weight is 268 g/mol. The Labute approximate surface area is 109 Å². The van der Waals surface area contributed by atoms with E-state index in [0.717, 1.165) is 12.8 Å². The van der Waals surface area contributed by atoms with Crippen molar-refractivity contribution in [3.63, 3.8) is 0 Å². The maximum atomic E-state index is 12.7. The van der Waals surface area contributed by atoms with Crippen LogP contribution in [0.25, 0.3) is 0 Å². The Kier molecular flexibility index (Phi) is 3.15. The summed E-state index contributed by atoms with van der Waals surface area (Å²) < 4.78 is 27.1. The number of hydrogen-bond acceptors (Lipinski definition) is 3. The number of benzene rings is 1. The minimum atomic E-state index is -3.50. The maximum Gasteiger partial charge on any atom is 0.245 e. The van der Waals surface area contributed by atoms with Gasteiger partial charge in [0.1, 0.15) is 4.90 Å². The van der Waals surface area contributed by atoms with Gasteiger partial charge in [0.2, 0.25) is 10.0 Å². The number of anilines is 1. The Balaban J connectivity index is 2.56. The molecule has 2 N–H and O–H groups in total. The Morgan fingerprint density at radius 1 is 1.33 bits per heavy atom. The van der Waals surface area contributed by atoms with E-state index in [1.54, 1.807) is 29.4 Å². The minimum Gasteiger partial charge on any atom is -0.398 e. The Bertz CT molecular complexity index is 544. The van der Waals surface area contributed by atoms with Gasteiger partial charge < -0.3 is 5.73 Å². The molecule has 1 heterocycles. The maximum absolute atomic E-state index is 12.7. The van der Waals surface area contributed by atoms with E-state index < -0.39 is 10.0 Å². The van der Waals surface area contributed by atoms with Gasteiger partial charge in [0.15, 0.2) is 0 Å². The molecule has 0 amide bonds. The van der Waals surface area contributed by atoms with Crippen molar-refractivity contribution in [3.05, 3.63) is 23.8 Å². The first-order chi connectivity index (χ1) is 8.27. The summed E-state index contributed by atoms with van der Waals surface area (Å²) in [6.07, 6.45) is 1.79. The van der Waals surface area contributed by atoms with Crippen molar-refractivity contribution in [1.82, 2.24) is 4.31 Å². The standard InChI is InChI=1S/C13H20N2O2S/c1-10-6-4-7-11(14)12(10)18(16,17)15-9-5-8-13(15,2)3/h4,6-7H,5,8-9,14H2,1-3H3. The first-order valence-electron chi connectivity index (χ1n) is 6.15. The zero-order chi connectivity index (χ0) is 13.6. The van der Waals surface area contributed by atoms with Crippen LogP contribution in [0.3, 0.4) is 0 Å². The predicted octanol–water partition coefficient (Wildman–Crippen LogP) is 2.14. The zero-order valence-electron chi connectivity index (χ0n) is 11.1. The van der Waals surface area contributed by atoms with E-state index in [9.17, 15) is 8.42 Å². The van der Waals surface area contributed by atoms with Gasteiger partial charge in [0.05, 0.1) is 5.69 Å². The first-order valence-corrected chi connectivity index (χ1v) is 7.59. The van der Waals surface area contributed by atoms with Crippen molar-refractivity contribution in [2.75, 3.05) is 12.3 Å². The summed E-state index contributed by atoms with van der Waals surface area (Å²) in [6.45, 7) is 6.29. The van der Waals surface area contributed by atoms with Gasteiger partial charge in [-0.2, -0.15) is 4.31 Å².